The zero-order chi connectivity index (χ0) is 22.0. The molecule has 1 heterocycles. The zero-order valence-electron chi connectivity index (χ0n) is 17.7. The number of ketones is 1. The minimum Gasteiger partial charge on any atom is -0.508 e. The van der Waals surface area contributed by atoms with Gasteiger partial charge in [-0.2, -0.15) is 0 Å². The summed E-state index contributed by atoms with van der Waals surface area (Å²) in [4.78, 5) is 16.4. The number of phenolic OH excluding ortho intramolecular Hbond substituents is 2. The Bertz CT molecular complexity index is 1220. The van der Waals surface area contributed by atoms with Gasteiger partial charge in [0.25, 0.3) is 0 Å². The number of benzene rings is 3. The Morgan fingerprint density at radius 2 is 1.59 bits per heavy atom. The van der Waals surface area contributed by atoms with Crippen LogP contribution in [0.5, 0.6) is 17.2 Å². The molecule has 0 radical (unpaired) electrons. The molecule has 0 aliphatic rings. The molecule has 7 heteroatoms. The monoisotopic (exact) mass is 469 g/mol. The summed E-state index contributed by atoms with van der Waals surface area (Å²) in [6.45, 7) is 1.38. The summed E-state index contributed by atoms with van der Waals surface area (Å²) in [6, 6.07) is 19.0. The van der Waals surface area contributed by atoms with E-state index in [1.807, 2.05) is 31.1 Å². The Kier molecular flexibility index (Phi) is 7.40. The summed E-state index contributed by atoms with van der Waals surface area (Å²) in [6.07, 6.45) is 0. The zero-order valence-corrected chi connectivity index (χ0v) is 19.4. The Balaban J connectivity index is 0.00000289. The molecule has 0 amide bonds. The molecular weight excluding hydrogens is 446 g/mol. The molecule has 4 rings (SSSR count). The molecule has 0 spiro atoms. The van der Waals surface area contributed by atoms with Crippen LogP contribution in [0.4, 0.5) is 0 Å². The minimum atomic E-state index is -0.0974. The van der Waals surface area contributed by atoms with Gasteiger partial charge in [-0.3, -0.25) is 4.79 Å². The summed E-state index contributed by atoms with van der Waals surface area (Å²) in [5.74, 6) is 0.946. The number of carbonyl (C=O) groups is 1. The van der Waals surface area contributed by atoms with E-state index in [1.54, 1.807) is 54.6 Å². The molecule has 0 aliphatic carbocycles. The number of hydrogen-bond donors (Lipinski definition) is 2. The van der Waals surface area contributed by atoms with Crippen LogP contribution in [-0.2, 0) is 0 Å². The van der Waals surface area contributed by atoms with Gasteiger partial charge in [-0.25, -0.2) is 0 Å². The first-order chi connectivity index (χ1) is 14.9. The van der Waals surface area contributed by atoms with Gasteiger partial charge in [-0.05, 0) is 86.4 Å². The summed E-state index contributed by atoms with van der Waals surface area (Å²) in [5.41, 5.74) is 1.99. The maximum absolute atomic E-state index is 13.5. The second-order valence-electron chi connectivity index (χ2n) is 7.54. The fraction of sp³-hybridized carbons (Fsp3) is 0.160. The van der Waals surface area contributed by atoms with Crippen LogP contribution in [-0.4, -0.2) is 48.1 Å². The average molecular weight is 470 g/mol. The highest BCUT2D eigenvalue weighted by Gasteiger charge is 2.22. The van der Waals surface area contributed by atoms with Crippen LogP contribution in [0.15, 0.2) is 66.7 Å². The van der Waals surface area contributed by atoms with Gasteiger partial charge in [0.15, 0.2) is 5.78 Å². The smallest absolute Gasteiger partial charge is 0.195 e. The number of carbonyl (C=O) groups excluding carboxylic acids is 1. The molecule has 0 saturated carbocycles. The molecule has 0 aliphatic heterocycles. The van der Waals surface area contributed by atoms with E-state index >= 15 is 0 Å². The number of nitrogens with zero attached hydrogens (tertiary/aromatic N) is 1. The molecule has 0 bridgehead atoms. The molecule has 0 atom stereocenters. The Morgan fingerprint density at radius 3 is 2.25 bits per heavy atom. The summed E-state index contributed by atoms with van der Waals surface area (Å²) in [5, 5.41) is 20.3. The lowest BCUT2D eigenvalue weighted by atomic mass is 9.97. The van der Waals surface area contributed by atoms with E-state index in [0.717, 1.165) is 32.8 Å². The first-order valence-corrected chi connectivity index (χ1v) is 10.7. The van der Waals surface area contributed by atoms with E-state index in [0.29, 0.717) is 17.7 Å². The third-order valence-corrected chi connectivity index (χ3v) is 6.16. The highest BCUT2D eigenvalue weighted by atomic mass is 35.5. The van der Waals surface area contributed by atoms with Crippen molar-refractivity contribution in [3.8, 4) is 27.7 Å². The molecule has 3 aromatic carbocycles. The molecule has 0 saturated heterocycles. The van der Waals surface area contributed by atoms with Crippen molar-refractivity contribution in [2.24, 2.45) is 0 Å². The largest absolute Gasteiger partial charge is 0.508 e. The SMILES string of the molecule is CN(C)CCOc1ccc(C(=O)c2c(-c3ccc(O)cc3)sc3cc(O)ccc23)cc1.Cl. The highest BCUT2D eigenvalue weighted by molar-refractivity contribution is 7.22. The number of halogens is 1. The molecule has 32 heavy (non-hydrogen) atoms. The molecule has 166 valence electrons. The Hall–Kier alpha value is -3.06. The van der Waals surface area contributed by atoms with Crippen molar-refractivity contribution in [1.29, 1.82) is 0 Å². The third kappa shape index (κ3) is 5.05. The quantitative estimate of drug-likeness (QED) is 0.346. The maximum Gasteiger partial charge on any atom is 0.195 e. The molecule has 5 nitrogen and oxygen atoms in total. The van der Waals surface area contributed by atoms with E-state index in [2.05, 4.69) is 0 Å². The molecule has 0 unspecified atom stereocenters. The number of rotatable bonds is 7. The molecule has 0 fully saturated rings. The van der Waals surface area contributed by atoms with Crippen molar-refractivity contribution in [3.05, 3.63) is 77.9 Å². The number of phenols is 2. The van der Waals surface area contributed by atoms with E-state index in [1.165, 1.54) is 11.3 Å². The predicted octanol–water partition coefficient (Wildman–Crippen LogP) is 5.57. The van der Waals surface area contributed by atoms with Gasteiger partial charge in [0, 0.05) is 32.6 Å². The summed E-state index contributed by atoms with van der Waals surface area (Å²) < 4.78 is 6.56. The van der Waals surface area contributed by atoms with Crippen LogP contribution in [0, 0.1) is 0 Å². The molecule has 2 N–H and O–H groups in total. The van der Waals surface area contributed by atoms with Gasteiger partial charge in [0.1, 0.15) is 23.9 Å². The van der Waals surface area contributed by atoms with E-state index in [4.69, 9.17) is 4.74 Å². The third-order valence-electron chi connectivity index (χ3n) is 4.95. The minimum absolute atomic E-state index is 0. The first kappa shape index (κ1) is 23.6. The summed E-state index contributed by atoms with van der Waals surface area (Å²) >= 11 is 1.45. The normalized spacial score (nSPS) is 10.8. The molecular formula is C25H24ClNO4S. The fourth-order valence-corrected chi connectivity index (χ4v) is 4.56. The van der Waals surface area contributed by atoms with Crippen molar-refractivity contribution in [1.82, 2.24) is 4.90 Å². The van der Waals surface area contributed by atoms with Gasteiger partial charge < -0.3 is 19.8 Å². The van der Waals surface area contributed by atoms with E-state index in [9.17, 15) is 15.0 Å². The van der Waals surface area contributed by atoms with Crippen LogP contribution < -0.4 is 4.74 Å². The van der Waals surface area contributed by atoms with Crippen molar-refractivity contribution >= 4 is 39.6 Å². The number of fused-ring (bicyclic) bond motifs is 1. The van der Waals surface area contributed by atoms with E-state index in [-0.39, 0.29) is 29.7 Å². The van der Waals surface area contributed by atoms with Crippen LogP contribution in [0.2, 0.25) is 0 Å². The highest BCUT2D eigenvalue weighted by Crippen LogP contribution is 2.41. The van der Waals surface area contributed by atoms with Gasteiger partial charge in [0.2, 0.25) is 0 Å². The van der Waals surface area contributed by atoms with Crippen molar-refractivity contribution in [2.75, 3.05) is 27.2 Å². The first-order valence-electron chi connectivity index (χ1n) is 9.89. The number of thiophene rings is 1. The van der Waals surface area contributed by atoms with Gasteiger partial charge in [0.05, 0.1) is 0 Å². The molecule has 1 aromatic heterocycles. The van der Waals surface area contributed by atoms with Crippen molar-refractivity contribution in [3.63, 3.8) is 0 Å². The molecule has 4 aromatic rings. The standard InChI is InChI=1S/C25H23NO4S.ClH/c1-26(2)13-14-30-20-10-5-16(6-11-20)24(29)23-21-12-9-19(28)15-22(21)31-25(23)17-3-7-18(27)8-4-17;/h3-12,15,27-28H,13-14H2,1-2H3;1H. The lowest BCUT2D eigenvalue weighted by Crippen LogP contribution is -2.19. The van der Waals surface area contributed by atoms with Crippen LogP contribution >= 0.6 is 23.7 Å². The van der Waals surface area contributed by atoms with Crippen LogP contribution in [0.25, 0.3) is 20.5 Å². The second kappa shape index (κ2) is 10.0. The Labute approximate surface area is 196 Å². The lowest BCUT2D eigenvalue weighted by Gasteiger charge is -2.11. The number of ether oxygens (including phenoxy) is 1. The number of likely N-dealkylation sites (N-methyl/N-ethyl adjacent to an activating group) is 1. The van der Waals surface area contributed by atoms with Crippen LogP contribution in [0.1, 0.15) is 15.9 Å². The van der Waals surface area contributed by atoms with Gasteiger partial charge in [-0.15, -0.1) is 23.7 Å². The number of hydrogen-bond acceptors (Lipinski definition) is 6. The van der Waals surface area contributed by atoms with E-state index < -0.39 is 0 Å². The lowest BCUT2D eigenvalue weighted by molar-refractivity contribution is 0.104. The maximum atomic E-state index is 13.5. The van der Waals surface area contributed by atoms with Gasteiger partial charge >= 0.3 is 0 Å². The second-order valence-corrected chi connectivity index (χ2v) is 8.59. The predicted molar refractivity (Wildman–Crippen MR) is 132 cm³/mol. The van der Waals surface area contributed by atoms with Gasteiger partial charge in [-0.1, -0.05) is 0 Å². The number of aromatic hydroxyl groups is 2. The fourth-order valence-electron chi connectivity index (χ4n) is 3.32. The summed E-state index contributed by atoms with van der Waals surface area (Å²) in [7, 11) is 3.98. The topological polar surface area (TPSA) is 70.0 Å². The van der Waals surface area contributed by atoms with Crippen molar-refractivity contribution < 1.29 is 19.7 Å². The van der Waals surface area contributed by atoms with Crippen molar-refractivity contribution in [2.45, 2.75) is 0 Å². The van der Waals surface area contributed by atoms with Crippen LogP contribution in [0.3, 0.4) is 0 Å². The average Bonchev–Trinajstić information content (AvgIpc) is 3.12. The Morgan fingerprint density at radius 1 is 0.938 bits per heavy atom.